The molecule has 1 amide bonds. The van der Waals surface area contributed by atoms with E-state index in [9.17, 15) is 4.79 Å². The quantitative estimate of drug-likeness (QED) is 0.746. The number of nitrogens with two attached hydrogens (primary N) is 1. The Hall–Kier alpha value is -1.36. The zero-order chi connectivity index (χ0) is 12.8. The lowest BCUT2D eigenvalue weighted by Crippen LogP contribution is -2.25. The van der Waals surface area contributed by atoms with Gasteiger partial charge in [-0.1, -0.05) is 20.8 Å². The van der Waals surface area contributed by atoms with Gasteiger partial charge in [-0.15, -0.1) is 0 Å². The number of aromatic nitrogens is 2. The Morgan fingerprint density at radius 3 is 2.82 bits per heavy atom. The van der Waals surface area contributed by atoms with Crippen LogP contribution in [0.25, 0.3) is 0 Å². The third kappa shape index (κ3) is 4.19. The van der Waals surface area contributed by atoms with Crippen molar-refractivity contribution in [2.75, 3.05) is 6.54 Å². The first-order valence-electron chi connectivity index (χ1n) is 6.07. The molecular weight excluding hydrogens is 216 g/mol. The van der Waals surface area contributed by atoms with E-state index in [1.165, 1.54) is 0 Å². The topological polar surface area (TPSA) is 72.9 Å². The second-order valence-electron chi connectivity index (χ2n) is 4.66. The lowest BCUT2D eigenvalue weighted by molar-refractivity contribution is -0.121. The predicted octanol–water partition coefficient (Wildman–Crippen LogP) is 1.07. The van der Waals surface area contributed by atoms with Crippen LogP contribution >= 0.6 is 0 Å². The molecule has 1 aromatic heterocycles. The number of hydrogen-bond donors (Lipinski definition) is 2. The molecule has 1 unspecified atom stereocenters. The maximum Gasteiger partial charge on any atom is 0.240 e. The zero-order valence-corrected chi connectivity index (χ0v) is 10.8. The summed E-state index contributed by atoms with van der Waals surface area (Å²) in [5, 5.41) is 3.31. The molecule has 0 spiro atoms. The molecule has 1 aromatic rings. The molecule has 0 aromatic carbocycles. The van der Waals surface area contributed by atoms with Gasteiger partial charge in [-0.3, -0.25) is 4.79 Å². The van der Waals surface area contributed by atoms with Crippen LogP contribution in [0.3, 0.4) is 0 Å². The molecule has 0 saturated heterocycles. The van der Waals surface area contributed by atoms with Crippen molar-refractivity contribution < 1.29 is 4.79 Å². The Kier molecular flexibility index (Phi) is 5.15. The molecule has 96 valence electrons. The number of rotatable bonds is 7. The van der Waals surface area contributed by atoms with Gasteiger partial charge >= 0.3 is 0 Å². The summed E-state index contributed by atoms with van der Waals surface area (Å²) in [5.41, 5.74) is 6.26. The highest BCUT2D eigenvalue weighted by Crippen LogP contribution is 2.11. The first kappa shape index (κ1) is 13.7. The smallest absolute Gasteiger partial charge is 0.240 e. The molecule has 1 rings (SSSR count). The molecule has 0 saturated carbocycles. The van der Waals surface area contributed by atoms with E-state index in [0.717, 1.165) is 18.8 Å². The predicted molar refractivity (Wildman–Crippen MR) is 67.3 cm³/mol. The molecule has 5 nitrogen and oxygen atoms in total. The van der Waals surface area contributed by atoms with E-state index in [-0.39, 0.29) is 11.9 Å². The molecule has 0 bridgehead atoms. The zero-order valence-electron chi connectivity index (χ0n) is 10.8. The second kappa shape index (κ2) is 6.39. The van der Waals surface area contributed by atoms with E-state index in [2.05, 4.69) is 24.1 Å². The number of hydrogen-bond acceptors (Lipinski definition) is 3. The Bertz CT molecular complexity index is 359. The third-order valence-corrected chi connectivity index (χ3v) is 2.59. The third-order valence-electron chi connectivity index (χ3n) is 2.59. The standard InChI is InChI=1S/C12H22N4O/c1-4-11(12(13)17)16-7-10(15-8-16)6-14-5-9(2)3/h7-9,11,14H,4-6H2,1-3H3,(H2,13,17). The molecule has 0 aliphatic rings. The molecule has 1 atom stereocenters. The number of carbonyl (C=O) groups is 1. The number of primary amides is 1. The Labute approximate surface area is 102 Å². The van der Waals surface area contributed by atoms with Crippen molar-refractivity contribution in [2.45, 2.75) is 39.8 Å². The summed E-state index contributed by atoms with van der Waals surface area (Å²) >= 11 is 0. The van der Waals surface area contributed by atoms with Gasteiger partial charge in [-0.25, -0.2) is 4.98 Å². The average Bonchev–Trinajstić information content (AvgIpc) is 2.66. The molecule has 0 aliphatic heterocycles. The van der Waals surface area contributed by atoms with E-state index < -0.39 is 0 Å². The van der Waals surface area contributed by atoms with Crippen LogP contribution in [0, 0.1) is 5.92 Å². The second-order valence-corrected chi connectivity index (χ2v) is 4.66. The van der Waals surface area contributed by atoms with Crippen molar-refractivity contribution in [3.05, 3.63) is 18.2 Å². The number of nitrogens with one attached hydrogen (secondary N) is 1. The van der Waals surface area contributed by atoms with Gasteiger partial charge in [0, 0.05) is 12.7 Å². The monoisotopic (exact) mass is 238 g/mol. The van der Waals surface area contributed by atoms with Crippen molar-refractivity contribution in [1.82, 2.24) is 14.9 Å². The summed E-state index contributed by atoms with van der Waals surface area (Å²) < 4.78 is 1.79. The van der Waals surface area contributed by atoms with Gasteiger partial charge in [-0.2, -0.15) is 0 Å². The average molecular weight is 238 g/mol. The van der Waals surface area contributed by atoms with Crippen molar-refractivity contribution in [1.29, 1.82) is 0 Å². The van der Waals surface area contributed by atoms with Crippen LogP contribution in [0.15, 0.2) is 12.5 Å². The van der Waals surface area contributed by atoms with Crippen LogP contribution in [0.5, 0.6) is 0 Å². The van der Waals surface area contributed by atoms with Crippen LogP contribution in [0.1, 0.15) is 38.9 Å². The summed E-state index contributed by atoms with van der Waals surface area (Å²) in [6.07, 6.45) is 4.24. The fraction of sp³-hybridized carbons (Fsp3) is 0.667. The van der Waals surface area contributed by atoms with Crippen LogP contribution < -0.4 is 11.1 Å². The minimum Gasteiger partial charge on any atom is -0.368 e. The molecule has 17 heavy (non-hydrogen) atoms. The summed E-state index contributed by atoms with van der Waals surface area (Å²) in [6.45, 7) is 7.93. The van der Waals surface area contributed by atoms with Gasteiger partial charge in [0.25, 0.3) is 0 Å². The number of nitrogens with zero attached hydrogens (tertiary/aromatic N) is 2. The minimum absolute atomic E-state index is 0.290. The lowest BCUT2D eigenvalue weighted by atomic mass is 10.2. The summed E-state index contributed by atoms with van der Waals surface area (Å²) in [6, 6.07) is -0.290. The van der Waals surface area contributed by atoms with Crippen LogP contribution in [-0.4, -0.2) is 22.0 Å². The maximum absolute atomic E-state index is 11.2. The SMILES string of the molecule is CCC(C(N)=O)n1cnc(CNCC(C)C)c1. The van der Waals surface area contributed by atoms with E-state index in [1.807, 2.05) is 13.1 Å². The largest absolute Gasteiger partial charge is 0.368 e. The Morgan fingerprint density at radius 1 is 1.59 bits per heavy atom. The molecule has 0 fully saturated rings. The Balaban J connectivity index is 2.55. The first-order chi connectivity index (χ1) is 8.04. The molecular formula is C12H22N4O. The maximum atomic E-state index is 11.2. The Morgan fingerprint density at radius 2 is 2.29 bits per heavy atom. The first-order valence-corrected chi connectivity index (χ1v) is 6.07. The molecule has 3 N–H and O–H groups in total. The van der Waals surface area contributed by atoms with E-state index in [4.69, 9.17) is 5.73 Å². The van der Waals surface area contributed by atoms with Crippen molar-refractivity contribution in [3.8, 4) is 0 Å². The highest BCUT2D eigenvalue weighted by atomic mass is 16.1. The fourth-order valence-corrected chi connectivity index (χ4v) is 1.69. The summed E-state index contributed by atoms with van der Waals surface area (Å²) in [4.78, 5) is 15.5. The van der Waals surface area contributed by atoms with Gasteiger partial charge in [0.05, 0.1) is 12.0 Å². The molecule has 1 heterocycles. The molecule has 5 heteroatoms. The summed E-state index contributed by atoms with van der Waals surface area (Å²) in [7, 11) is 0. The van der Waals surface area contributed by atoms with Gasteiger partial charge in [0.1, 0.15) is 6.04 Å². The van der Waals surface area contributed by atoms with E-state index in [1.54, 1.807) is 10.9 Å². The number of imidazole rings is 1. The van der Waals surface area contributed by atoms with Gasteiger partial charge < -0.3 is 15.6 Å². The number of amides is 1. The normalized spacial score (nSPS) is 12.9. The van der Waals surface area contributed by atoms with Gasteiger partial charge in [0.2, 0.25) is 5.91 Å². The number of carbonyl (C=O) groups excluding carboxylic acids is 1. The van der Waals surface area contributed by atoms with Crippen molar-refractivity contribution >= 4 is 5.91 Å². The van der Waals surface area contributed by atoms with E-state index in [0.29, 0.717) is 12.3 Å². The van der Waals surface area contributed by atoms with Crippen LogP contribution in [0.2, 0.25) is 0 Å². The van der Waals surface area contributed by atoms with E-state index >= 15 is 0 Å². The van der Waals surface area contributed by atoms with Crippen molar-refractivity contribution in [3.63, 3.8) is 0 Å². The van der Waals surface area contributed by atoms with Crippen LogP contribution in [0.4, 0.5) is 0 Å². The fourth-order valence-electron chi connectivity index (χ4n) is 1.69. The molecule has 0 radical (unpaired) electrons. The molecule has 0 aliphatic carbocycles. The van der Waals surface area contributed by atoms with Crippen LogP contribution in [-0.2, 0) is 11.3 Å². The summed E-state index contributed by atoms with van der Waals surface area (Å²) in [5.74, 6) is 0.303. The van der Waals surface area contributed by atoms with Gasteiger partial charge in [-0.05, 0) is 18.9 Å². The van der Waals surface area contributed by atoms with Gasteiger partial charge in [0.15, 0.2) is 0 Å². The minimum atomic E-state index is -0.313. The lowest BCUT2D eigenvalue weighted by Gasteiger charge is -2.11. The highest BCUT2D eigenvalue weighted by molar-refractivity contribution is 5.78. The van der Waals surface area contributed by atoms with Crippen molar-refractivity contribution in [2.24, 2.45) is 11.7 Å². The highest BCUT2D eigenvalue weighted by Gasteiger charge is 2.14.